The van der Waals surface area contributed by atoms with E-state index in [-0.39, 0.29) is 0 Å². The second kappa shape index (κ2) is 10.6. The molecule has 0 aromatic carbocycles. The summed E-state index contributed by atoms with van der Waals surface area (Å²) in [6, 6.07) is 0.566. The number of nitrogens with one attached hydrogen (secondary N) is 1. The molecule has 0 aliphatic rings. The highest BCUT2D eigenvalue weighted by Gasteiger charge is 2.05. The Bertz CT molecular complexity index is 161. The van der Waals surface area contributed by atoms with Gasteiger partial charge >= 0.3 is 0 Å². The van der Waals surface area contributed by atoms with Crippen LogP contribution in [0, 0.1) is 11.8 Å². The minimum absolute atomic E-state index is 0.566. The van der Waals surface area contributed by atoms with Gasteiger partial charge in [-0.3, -0.25) is 0 Å². The van der Waals surface area contributed by atoms with Gasteiger partial charge in [-0.15, -0.1) is 11.8 Å². The number of ether oxygens (including phenoxy) is 1. The van der Waals surface area contributed by atoms with Crippen LogP contribution >= 0.6 is 0 Å². The van der Waals surface area contributed by atoms with Crippen LogP contribution in [0.15, 0.2) is 0 Å². The number of hydrogen-bond donors (Lipinski definition) is 1. The first-order valence-corrected chi connectivity index (χ1v) is 5.47. The molecule has 0 aromatic rings. The van der Waals surface area contributed by atoms with E-state index in [0.717, 1.165) is 32.4 Å². The van der Waals surface area contributed by atoms with E-state index in [1.54, 1.807) is 7.11 Å². The fraction of sp³-hybridized carbons (Fsp3) is 0.833. The third-order valence-electron chi connectivity index (χ3n) is 2.15. The Balaban J connectivity index is 3.63. The molecule has 0 amide bonds. The number of hydrogen-bond acceptors (Lipinski definition) is 2. The molecule has 82 valence electrons. The third kappa shape index (κ3) is 8.10. The molecule has 14 heavy (non-hydrogen) atoms. The smallest absolute Gasteiger partial charge is 0.0477 e. The standard InChI is InChI=1S/C12H23NO/c1-4-6-7-8-12(9-11-14-3)13-10-5-2/h12-13H,5,7-11H2,1-3H3. The average molecular weight is 197 g/mol. The van der Waals surface area contributed by atoms with Crippen molar-refractivity contribution in [2.75, 3.05) is 20.3 Å². The van der Waals surface area contributed by atoms with E-state index < -0.39 is 0 Å². The highest BCUT2D eigenvalue weighted by Crippen LogP contribution is 2.01. The topological polar surface area (TPSA) is 21.3 Å². The minimum Gasteiger partial charge on any atom is -0.385 e. The Labute approximate surface area is 88.4 Å². The minimum atomic E-state index is 0.566. The molecule has 1 unspecified atom stereocenters. The van der Waals surface area contributed by atoms with Gasteiger partial charge in [-0.25, -0.2) is 0 Å². The molecule has 0 saturated carbocycles. The highest BCUT2D eigenvalue weighted by atomic mass is 16.5. The predicted octanol–water partition coefficient (Wildman–Crippen LogP) is 2.19. The summed E-state index contributed by atoms with van der Waals surface area (Å²) in [7, 11) is 1.75. The van der Waals surface area contributed by atoms with Gasteiger partial charge in [0.25, 0.3) is 0 Å². The zero-order valence-electron chi connectivity index (χ0n) is 9.73. The van der Waals surface area contributed by atoms with Crippen LogP contribution in [0.4, 0.5) is 0 Å². The van der Waals surface area contributed by atoms with Crippen LogP contribution in [0.3, 0.4) is 0 Å². The summed E-state index contributed by atoms with van der Waals surface area (Å²) in [5.41, 5.74) is 0. The molecule has 0 rings (SSSR count). The van der Waals surface area contributed by atoms with E-state index in [4.69, 9.17) is 4.74 Å². The van der Waals surface area contributed by atoms with Crippen LogP contribution in [-0.2, 0) is 4.74 Å². The summed E-state index contributed by atoms with van der Waals surface area (Å²) < 4.78 is 5.08. The van der Waals surface area contributed by atoms with Gasteiger partial charge in [-0.1, -0.05) is 6.92 Å². The molecule has 0 bridgehead atoms. The molecular formula is C12H23NO. The predicted molar refractivity (Wildman–Crippen MR) is 61.3 cm³/mol. The summed E-state index contributed by atoms with van der Waals surface area (Å²) in [4.78, 5) is 0. The normalized spacial score (nSPS) is 11.9. The zero-order valence-corrected chi connectivity index (χ0v) is 9.73. The van der Waals surface area contributed by atoms with Crippen LogP contribution in [-0.4, -0.2) is 26.3 Å². The van der Waals surface area contributed by atoms with Crippen molar-refractivity contribution in [3.05, 3.63) is 0 Å². The van der Waals surface area contributed by atoms with Gasteiger partial charge in [0.15, 0.2) is 0 Å². The summed E-state index contributed by atoms with van der Waals surface area (Å²) in [5, 5.41) is 3.52. The molecule has 0 aromatic heterocycles. The summed E-state index contributed by atoms with van der Waals surface area (Å²) >= 11 is 0. The quantitative estimate of drug-likeness (QED) is 0.602. The van der Waals surface area contributed by atoms with Gasteiger partial charge in [0, 0.05) is 26.2 Å². The molecule has 0 aliphatic heterocycles. The SMILES string of the molecule is CC#CCCC(CCOC)NCCC. The number of rotatable bonds is 8. The monoisotopic (exact) mass is 197 g/mol. The molecule has 1 N–H and O–H groups in total. The van der Waals surface area contributed by atoms with Gasteiger partial charge in [-0.2, -0.15) is 0 Å². The maximum absolute atomic E-state index is 5.08. The Morgan fingerprint density at radius 1 is 1.36 bits per heavy atom. The van der Waals surface area contributed by atoms with Crippen molar-refractivity contribution in [1.82, 2.24) is 5.32 Å². The fourth-order valence-electron chi connectivity index (χ4n) is 1.33. The van der Waals surface area contributed by atoms with Gasteiger partial charge in [0.05, 0.1) is 0 Å². The summed E-state index contributed by atoms with van der Waals surface area (Å²) in [6.45, 7) is 6.00. The molecule has 0 spiro atoms. The lowest BCUT2D eigenvalue weighted by atomic mass is 10.1. The van der Waals surface area contributed by atoms with Crippen molar-refractivity contribution in [2.45, 2.75) is 45.6 Å². The van der Waals surface area contributed by atoms with E-state index in [1.807, 2.05) is 6.92 Å². The maximum atomic E-state index is 5.08. The average Bonchev–Trinajstić information content (AvgIpc) is 2.21. The molecule has 2 heteroatoms. The van der Waals surface area contributed by atoms with Crippen LogP contribution in [0.25, 0.3) is 0 Å². The molecule has 0 radical (unpaired) electrons. The van der Waals surface area contributed by atoms with Crippen LogP contribution in [0.1, 0.15) is 39.5 Å². The zero-order chi connectivity index (χ0) is 10.6. The van der Waals surface area contributed by atoms with E-state index in [0.29, 0.717) is 6.04 Å². The third-order valence-corrected chi connectivity index (χ3v) is 2.15. The van der Waals surface area contributed by atoms with E-state index in [9.17, 15) is 0 Å². The van der Waals surface area contributed by atoms with Crippen molar-refractivity contribution >= 4 is 0 Å². The highest BCUT2D eigenvalue weighted by molar-refractivity contribution is 4.95. The van der Waals surface area contributed by atoms with Gasteiger partial charge in [0.2, 0.25) is 0 Å². The molecule has 1 atom stereocenters. The molecular weight excluding hydrogens is 174 g/mol. The van der Waals surface area contributed by atoms with Crippen molar-refractivity contribution in [2.24, 2.45) is 0 Å². The second-order valence-electron chi connectivity index (χ2n) is 3.40. The largest absolute Gasteiger partial charge is 0.385 e. The lowest BCUT2D eigenvalue weighted by Gasteiger charge is -2.16. The second-order valence-corrected chi connectivity index (χ2v) is 3.40. The molecule has 0 fully saturated rings. The van der Waals surface area contributed by atoms with Crippen LogP contribution in [0.5, 0.6) is 0 Å². The van der Waals surface area contributed by atoms with Gasteiger partial charge in [0.1, 0.15) is 0 Å². The van der Waals surface area contributed by atoms with Gasteiger partial charge < -0.3 is 10.1 Å². The molecule has 2 nitrogen and oxygen atoms in total. The molecule has 0 saturated heterocycles. The summed E-state index contributed by atoms with van der Waals surface area (Å²) in [5.74, 6) is 6.03. The van der Waals surface area contributed by atoms with Crippen molar-refractivity contribution in [3.8, 4) is 11.8 Å². The van der Waals surface area contributed by atoms with Crippen molar-refractivity contribution in [1.29, 1.82) is 0 Å². The lowest BCUT2D eigenvalue weighted by molar-refractivity contribution is 0.181. The Morgan fingerprint density at radius 2 is 2.14 bits per heavy atom. The first-order chi connectivity index (χ1) is 6.85. The Kier molecular flexibility index (Phi) is 10.2. The van der Waals surface area contributed by atoms with Crippen molar-refractivity contribution < 1.29 is 4.74 Å². The number of methoxy groups -OCH3 is 1. The fourth-order valence-corrected chi connectivity index (χ4v) is 1.33. The van der Waals surface area contributed by atoms with E-state index in [2.05, 4.69) is 24.1 Å². The van der Waals surface area contributed by atoms with Gasteiger partial charge in [-0.05, 0) is 32.7 Å². The molecule has 0 heterocycles. The first-order valence-electron chi connectivity index (χ1n) is 5.47. The van der Waals surface area contributed by atoms with Crippen molar-refractivity contribution in [3.63, 3.8) is 0 Å². The Morgan fingerprint density at radius 3 is 2.71 bits per heavy atom. The van der Waals surface area contributed by atoms with E-state index >= 15 is 0 Å². The summed E-state index contributed by atoms with van der Waals surface area (Å²) in [6.07, 6.45) is 4.39. The first kappa shape index (κ1) is 13.5. The van der Waals surface area contributed by atoms with Crippen LogP contribution in [0.2, 0.25) is 0 Å². The van der Waals surface area contributed by atoms with E-state index in [1.165, 1.54) is 6.42 Å². The maximum Gasteiger partial charge on any atom is 0.0477 e. The lowest BCUT2D eigenvalue weighted by Crippen LogP contribution is -2.30. The Hall–Kier alpha value is -0.520. The van der Waals surface area contributed by atoms with Crippen LogP contribution < -0.4 is 5.32 Å². The molecule has 0 aliphatic carbocycles.